The molecule has 0 aliphatic heterocycles. The number of hydrogen-bond acceptors (Lipinski definition) is 2. The molecule has 2 aromatic carbocycles. The fraction of sp³-hybridized carbons (Fsp3) is 0.188. The van der Waals surface area contributed by atoms with Crippen molar-refractivity contribution >= 4 is 23.4 Å². The molecular formula is C16H16FNOS. The Hall–Kier alpha value is -1.81. The van der Waals surface area contributed by atoms with Gasteiger partial charge in [0.2, 0.25) is 5.91 Å². The van der Waals surface area contributed by atoms with Gasteiger partial charge in [-0.05, 0) is 54.6 Å². The van der Waals surface area contributed by atoms with Gasteiger partial charge < -0.3 is 5.32 Å². The molecular weight excluding hydrogens is 273 g/mol. The average molecular weight is 289 g/mol. The highest BCUT2D eigenvalue weighted by Crippen LogP contribution is 2.17. The fourth-order valence-corrected chi connectivity index (χ4v) is 2.26. The van der Waals surface area contributed by atoms with Crippen molar-refractivity contribution in [2.24, 2.45) is 0 Å². The van der Waals surface area contributed by atoms with E-state index in [-0.39, 0.29) is 11.7 Å². The van der Waals surface area contributed by atoms with E-state index in [1.165, 1.54) is 12.1 Å². The smallest absolute Gasteiger partial charge is 0.224 e. The van der Waals surface area contributed by atoms with Crippen LogP contribution < -0.4 is 5.32 Å². The molecule has 2 rings (SSSR count). The quantitative estimate of drug-likeness (QED) is 0.839. The van der Waals surface area contributed by atoms with Gasteiger partial charge in [0.1, 0.15) is 5.82 Å². The van der Waals surface area contributed by atoms with Crippen molar-refractivity contribution in [1.82, 2.24) is 0 Å². The first-order valence-corrected chi connectivity index (χ1v) is 7.58. The molecule has 0 aromatic heterocycles. The van der Waals surface area contributed by atoms with Crippen LogP contribution in [-0.4, -0.2) is 12.2 Å². The minimum atomic E-state index is -0.268. The summed E-state index contributed by atoms with van der Waals surface area (Å²) in [5.74, 6) is -0.332. The second kappa shape index (κ2) is 7.10. The van der Waals surface area contributed by atoms with Gasteiger partial charge in [0, 0.05) is 17.0 Å². The summed E-state index contributed by atoms with van der Waals surface area (Å²) in [5.41, 5.74) is 1.62. The van der Waals surface area contributed by atoms with E-state index in [9.17, 15) is 9.18 Å². The summed E-state index contributed by atoms with van der Waals surface area (Å²) in [7, 11) is 0. The van der Waals surface area contributed by atoms with Gasteiger partial charge in [-0.3, -0.25) is 4.79 Å². The molecule has 2 aromatic rings. The van der Waals surface area contributed by atoms with Crippen molar-refractivity contribution in [2.45, 2.75) is 17.7 Å². The monoisotopic (exact) mass is 289 g/mol. The van der Waals surface area contributed by atoms with Gasteiger partial charge in [-0.25, -0.2) is 4.39 Å². The molecule has 0 fully saturated rings. The summed E-state index contributed by atoms with van der Waals surface area (Å²) in [5, 5.41) is 2.84. The summed E-state index contributed by atoms with van der Waals surface area (Å²) in [6.45, 7) is 0. The molecule has 1 amide bonds. The van der Waals surface area contributed by atoms with Gasteiger partial charge in [-0.2, -0.15) is 0 Å². The third-order valence-electron chi connectivity index (χ3n) is 2.90. The average Bonchev–Trinajstić information content (AvgIpc) is 2.46. The van der Waals surface area contributed by atoms with Gasteiger partial charge >= 0.3 is 0 Å². The number of carbonyl (C=O) groups is 1. The summed E-state index contributed by atoms with van der Waals surface area (Å²) >= 11 is 1.66. The lowest BCUT2D eigenvalue weighted by Crippen LogP contribution is -2.12. The third-order valence-corrected chi connectivity index (χ3v) is 3.65. The van der Waals surface area contributed by atoms with Crippen LogP contribution in [0.25, 0.3) is 0 Å². The molecule has 0 spiro atoms. The Morgan fingerprint density at radius 2 is 1.95 bits per heavy atom. The molecule has 1 N–H and O–H groups in total. The molecule has 20 heavy (non-hydrogen) atoms. The van der Waals surface area contributed by atoms with Crippen LogP contribution in [0.15, 0.2) is 53.4 Å². The standard InChI is InChI=1S/C16H16FNOS/c1-20-15-8-6-14(7-9-15)18-16(19)10-5-12-3-2-4-13(17)11-12/h2-4,6-9,11H,5,10H2,1H3,(H,18,19). The van der Waals surface area contributed by atoms with Crippen LogP contribution >= 0.6 is 11.8 Å². The van der Waals surface area contributed by atoms with Gasteiger partial charge in [0.25, 0.3) is 0 Å². The van der Waals surface area contributed by atoms with Crippen molar-refractivity contribution in [1.29, 1.82) is 0 Å². The van der Waals surface area contributed by atoms with E-state index in [2.05, 4.69) is 5.32 Å². The summed E-state index contributed by atoms with van der Waals surface area (Å²) in [6.07, 6.45) is 2.88. The topological polar surface area (TPSA) is 29.1 Å². The van der Waals surface area contributed by atoms with Crippen molar-refractivity contribution in [3.05, 3.63) is 59.9 Å². The molecule has 0 saturated heterocycles. The first-order valence-electron chi connectivity index (χ1n) is 6.36. The maximum absolute atomic E-state index is 13.0. The number of aryl methyl sites for hydroxylation is 1. The molecule has 0 saturated carbocycles. The van der Waals surface area contributed by atoms with Gasteiger partial charge in [-0.1, -0.05) is 12.1 Å². The number of carbonyl (C=O) groups excluding carboxylic acids is 1. The summed E-state index contributed by atoms with van der Waals surface area (Å²) < 4.78 is 13.0. The van der Waals surface area contributed by atoms with E-state index in [0.29, 0.717) is 12.8 Å². The van der Waals surface area contributed by atoms with E-state index in [1.54, 1.807) is 17.8 Å². The number of rotatable bonds is 5. The van der Waals surface area contributed by atoms with E-state index in [0.717, 1.165) is 16.1 Å². The highest BCUT2D eigenvalue weighted by atomic mass is 32.2. The minimum Gasteiger partial charge on any atom is -0.326 e. The van der Waals surface area contributed by atoms with Gasteiger partial charge in [0.05, 0.1) is 0 Å². The highest BCUT2D eigenvalue weighted by Gasteiger charge is 2.04. The molecule has 2 nitrogen and oxygen atoms in total. The second-order valence-corrected chi connectivity index (χ2v) is 5.29. The van der Waals surface area contributed by atoms with Crippen LogP contribution in [0.3, 0.4) is 0 Å². The normalized spacial score (nSPS) is 10.3. The van der Waals surface area contributed by atoms with E-state index in [4.69, 9.17) is 0 Å². The SMILES string of the molecule is CSc1ccc(NC(=O)CCc2cccc(F)c2)cc1. The zero-order valence-electron chi connectivity index (χ0n) is 11.2. The van der Waals surface area contributed by atoms with Crippen molar-refractivity contribution in [2.75, 3.05) is 11.6 Å². The molecule has 0 bridgehead atoms. The molecule has 0 aliphatic rings. The maximum Gasteiger partial charge on any atom is 0.224 e. The van der Waals surface area contributed by atoms with Crippen molar-refractivity contribution in [3.8, 4) is 0 Å². The minimum absolute atomic E-state index is 0.0637. The third kappa shape index (κ3) is 4.38. The Morgan fingerprint density at radius 1 is 1.20 bits per heavy atom. The Labute approximate surface area is 122 Å². The van der Waals surface area contributed by atoms with Crippen LogP contribution in [0.4, 0.5) is 10.1 Å². The molecule has 0 atom stereocenters. The van der Waals surface area contributed by atoms with Crippen LogP contribution in [-0.2, 0) is 11.2 Å². The van der Waals surface area contributed by atoms with Gasteiger partial charge in [0.15, 0.2) is 0 Å². The molecule has 0 heterocycles. The Morgan fingerprint density at radius 3 is 2.60 bits per heavy atom. The van der Waals surface area contributed by atoms with Crippen LogP contribution in [0.1, 0.15) is 12.0 Å². The second-order valence-electron chi connectivity index (χ2n) is 4.41. The lowest BCUT2D eigenvalue weighted by Gasteiger charge is -2.06. The van der Waals surface area contributed by atoms with E-state index < -0.39 is 0 Å². The Bertz CT molecular complexity index is 583. The number of anilines is 1. The summed E-state index contributed by atoms with van der Waals surface area (Å²) in [4.78, 5) is 13.0. The molecule has 4 heteroatoms. The number of halogens is 1. The van der Waals surface area contributed by atoms with Gasteiger partial charge in [-0.15, -0.1) is 11.8 Å². The number of benzene rings is 2. The number of thioether (sulfide) groups is 1. The van der Waals surface area contributed by atoms with Crippen molar-refractivity contribution < 1.29 is 9.18 Å². The largest absolute Gasteiger partial charge is 0.326 e. The van der Waals surface area contributed by atoms with Crippen molar-refractivity contribution in [3.63, 3.8) is 0 Å². The first-order chi connectivity index (χ1) is 9.67. The fourth-order valence-electron chi connectivity index (χ4n) is 1.85. The number of nitrogens with one attached hydrogen (secondary N) is 1. The molecule has 104 valence electrons. The Balaban J connectivity index is 1.85. The lowest BCUT2D eigenvalue weighted by molar-refractivity contribution is -0.116. The number of amides is 1. The molecule has 0 aliphatic carbocycles. The predicted molar refractivity (Wildman–Crippen MR) is 81.6 cm³/mol. The zero-order valence-corrected chi connectivity index (χ0v) is 12.0. The molecule has 0 unspecified atom stereocenters. The van der Waals surface area contributed by atoms with Crippen LogP contribution in [0.5, 0.6) is 0 Å². The van der Waals surface area contributed by atoms with E-state index >= 15 is 0 Å². The Kier molecular flexibility index (Phi) is 5.18. The van der Waals surface area contributed by atoms with Crippen LogP contribution in [0, 0.1) is 5.82 Å². The summed E-state index contributed by atoms with van der Waals surface area (Å²) in [6, 6.07) is 14.0. The molecule has 0 radical (unpaired) electrons. The maximum atomic E-state index is 13.0. The number of hydrogen-bond donors (Lipinski definition) is 1. The van der Waals surface area contributed by atoms with E-state index in [1.807, 2.05) is 36.6 Å². The first kappa shape index (κ1) is 14.6. The highest BCUT2D eigenvalue weighted by molar-refractivity contribution is 7.98. The zero-order chi connectivity index (χ0) is 14.4. The van der Waals surface area contributed by atoms with Crippen LogP contribution in [0.2, 0.25) is 0 Å². The lowest BCUT2D eigenvalue weighted by atomic mass is 10.1. The predicted octanol–water partition coefficient (Wildman–Crippen LogP) is 4.12.